The molecule has 0 saturated carbocycles. The molecule has 0 bridgehead atoms. The van der Waals surface area contributed by atoms with Crippen LogP contribution in [0.2, 0.25) is 0 Å². The molecule has 0 radical (unpaired) electrons. The van der Waals surface area contributed by atoms with Crippen molar-refractivity contribution in [2.75, 3.05) is 105 Å². The minimum Gasteiger partial charge on any atom is -0.462 e. The third kappa shape index (κ3) is 20.5. The number of nitrogens with zero attached hydrogens (tertiary/aromatic N) is 2. The molecule has 0 spiro atoms. The SMILES string of the molecule is COCC(=O)Nc1c(I)c(C(=O)NCC(O)CO)c(I)c(C(=O)N(C)CC(COC(C)=O)OC(C)=O)c1I.COCC(=O)Nc1c(I)c(C(=O)NCC(O)CO)c(I)c(C(=O)N(C)CC(O)CO)c1I. The van der Waals surface area contributed by atoms with E-state index in [1.165, 1.54) is 52.0 Å². The second kappa shape index (κ2) is 33.2. The lowest BCUT2D eigenvalue weighted by atomic mass is 10.1. The predicted molar refractivity (Wildman–Crippen MR) is 300 cm³/mol. The molecule has 24 nitrogen and oxygen atoms in total. The van der Waals surface area contributed by atoms with Crippen LogP contribution in [0.1, 0.15) is 55.3 Å². The first-order chi connectivity index (χ1) is 32.7. The normalized spacial score (nSPS) is 12.5. The Morgan fingerprint density at radius 2 is 0.900 bits per heavy atom. The lowest BCUT2D eigenvalue weighted by molar-refractivity contribution is -0.156. The molecule has 6 amide bonds. The Labute approximate surface area is 484 Å². The van der Waals surface area contributed by atoms with Crippen LogP contribution in [0.3, 0.4) is 0 Å². The second-order valence-electron chi connectivity index (χ2n) is 14.4. The predicted octanol–water partition coefficient (Wildman–Crippen LogP) is 0.329. The van der Waals surface area contributed by atoms with Crippen LogP contribution in [0.5, 0.6) is 0 Å². The number of rotatable bonds is 24. The molecule has 4 atom stereocenters. The van der Waals surface area contributed by atoms with Gasteiger partial charge in [0.2, 0.25) is 11.8 Å². The number of carbonyl (C=O) groups excluding carboxylic acids is 8. The highest BCUT2D eigenvalue weighted by Gasteiger charge is 2.33. The first kappa shape index (κ1) is 66.3. The Morgan fingerprint density at radius 3 is 1.23 bits per heavy atom. The zero-order valence-electron chi connectivity index (χ0n) is 38.1. The summed E-state index contributed by atoms with van der Waals surface area (Å²) in [6.45, 7) is -0.797. The lowest BCUT2D eigenvalue weighted by Crippen LogP contribution is -2.40. The maximum atomic E-state index is 13.6. The van der Waals surface area contributed by atoms with E-state index in [4.69, 9.17) is 34.3 Å². The molecule has 392 valence electrons. The molecule has 2 aromatic rings. The topological polar surface area (TPSA) is 349 Å². The molecule has 2 rings (SSSR count). The van der Waals surface area contributed by atoms with Crippen molar-refractivity contribution in [1.82, 2.24) is 20.4 Å². The van der Waals surface area contributed by atoms with Gasteiger partial charge in [-0.3, -0.25) is 38.4 Å². The molecule has 0 fully saturated rings. The van der Waals surface area contributed by atoms with Crippen LogP contribution in [0.4, 0.5) is 11.4 Å². The zero-order chi connectivity index (χ0) is 53.7. The van der Waals surface area contributed by atoms with E-state index in [0.29, 0.717) is 17.9 Å². The highest BCUT2D eigenvalue weighted by atomic mass is 127. The summed E-state index contributed by atoms with van der Waals surface area (Å²) in [5.41, 5.74) is 0.820. The lowest BCUT2D eigenvalue weighted by Gasteiger charge is -2.26. The van der Waals surface area contributed by atoms with E-state index in [0.717, 1.165) is 0 Å². The van der Waals surface area contributed by atoms with Crippen LogP contribution < -0.4 is 21.3 Å². The number of anilines is 2. The molecule has 30 heteroatoms. The van der Waals surface area contributed by atoms with Crippen molar-refractivity contribution in [1.29, 1.82) is 0 Å². The van der Waals surface area contributed by atoms with Crippen molar-refractivity contribution in [3.63, 3.8) is 0 Å². The first-order valence-corrected chi connectivity index (χ1v) is 26.4. The summed E-state index contributed by atoms with van der Waals surface area (Å²) in [5, 5.41) is 66.3. The minimum atomic E-state index is -1.19. The Morgan fingerprint density at radius 1 is 0.543 bits per heavy atom. The van der Waals surface area contributed by atoms with Gasteiger partial charge in [-0.15, -0.1) is 0 Å². The number of hydrogen-bond acceptors (Lipinski definition) is 18. The fourth-order valence-electron chi connectivity index (χ4n) is 5.46. The first-order valence-electron chi connectivity index (χ1n) is 20.0. The third-order valence-electron chi connectivity index (χ3n) is 8.68. The summed E-state index contributed by atoms with van der Waals surface area (Å²) in [4.78, 5) is 102. The number of carbonyl (C=O) groups is 8. The van der Waals surface area contributed by atoms with Gasteiger partial charge in [-0.05, 0) is 136 Å². The molecule has 0 aliphatic carbocycles. The third-order valence-corrected chi connectivity index (χ3v) is 15.2. The number of likely N-dealkylation sites (N-methyl/N-ethyl adjacent to an activating group) is 2. The van der Waals surface area contributed by atoms with Crippen LogP contribution in [0, 0.1) is 21.4 Å². The van der Waals surface area contributed by atoms with Crippen LogP contribution in [-0.2, 0) is 38.1 Å². The monoisotopic (exact) mass is 1670 g/mol. The fraction of sp³-hybridized carbons (Fsp3) is 0.500. The number of methoxy groups -OCH3 is 2. The maximum Gasteiger partial charge on any atom is 0.303 e. The average molecular weight is 1670 g/mol. The van der Waals surface area contributed by atoms with Crippen molar-refractivity contribution >= 4 is 194 Å². The highest BCUT2D eigenvalue weighted by molar-refractivity contribution is 14.1. The summed E-state index contributed by atoms with van der Waals surface area (Å²) < 4.78 is 21.8. The molecule has 0 aromatic heterocycles. The molecule has 70 heavy (non-hydrogen) atoms. The highest BCUT2D eigenvalue weighted by Crippen LogP contribution is 2.38. The molecule has 0 heterocycles. The number of esters is 2. The van der Waals surface area contributed by atoms with Gasteiger partial charge in [-0.2, -0.15) is 0 Å². The zero-order valence-corrected chi connectivity index (χ0v) is 51.1. The average Bonchev–Trinajstić information content (AvgIpc) is 3.29. The van der Waals surface area contributed by atoms with Crippen molar-refractivity contribution < 1.29 is 87.9 Å². The van der Waals surface area contributed by atoms with E-state index < -0.39 is 91.6 Å². The molecule has 10 N–H and O–H groups in total. The van der Waals surface area contributed by atoms with Gasteiger partial charge in [-0.25, -0.2) is 0 Å². The van der Waals surface area contributed by atoms with E-state index in [1.807, 2.05) is 136 Å². The number of ether oxygens (including phenoxy) is 4. The Balaban J connectivity index is 0.000000710. The van der Waals surface area contributed by atoms with Crippen LogP contribution in [0.25, 0.3) is 0 Å². The number of nitrogens with one attached hydrogen (secondary N) is 4. The Bertz CT molecular complexity index is 2230. The minimum absolute atomic E-state index is 0.0673. The van der Waals surface area contributed by atoms with Gasteiger partial charge < -0.3 is 80.7 Å². The number of halogens is 6. The molecule has 0 saturated heterocycles. The molecule has 4 unspecified atom stereocenters. The summed E-state index contributed by atoms with van der Waals surface area (Å²) in [7, 11) is 5.57. The van der Waals surface area contributed by atoms with Crippen LogP contribution >= 0.6 is 136 Å². The number of benzene rings is 2. The molecular formula is C40H52I6N6O18. The standard InChI is InChI=1S/C22H28I3N3O10.C18H24I3N3O8/c1-10(30)37-8-13(38-11(2)31)6-28(3)22(35)16-17(23)15(21(34)26-5-12(32)7-29)18(24)20(19(16)25)27-14(33)9-36-4;1-24(4-9(28)6-26)18(31)12-13(19)11(17(30)22-3-8(27)5-25)14(20)16(15(12)21)23-10(29)7-32-2/h12-13,29,32H,5-9H2,1-4H3,(H,26,34)(H,27,33);8-9,25-28H,3-7H2,1-2H3,(H,22,30)(H,23,29). The quantitative estimate of drug-likeness (QED) is 0.0500. The van der Waals surface area contributed by atoms with Gasteiger partial charge in [0, 0.05) is 68.9 Å². The van der Waals surface area contributed by atoms with Crippen molar-refractivity contribution in [3.05, 3.63) is 43.7 Å². The number of aliphatic hydroxyl groups is 6. The Hall–Kier alpha value is -1.74. The van der Waals surface area contributed by atoms with Gasteiger partial charge in [0.15, 0.2) is 6.10 Å². The fourth-order valence-corrected chi connectivity index (χ4v) is 14.2. The van der Waals surface area contributed by atoms with Crippen LogP contribution in [-0.4, -0.2) is 206 Å². The van der Waals surface area contributed by atoms with E-state index >= 15 is 0 Å². The number of hydrogen-bond donors (Lipinski definition) is 10. The molecule has 0 aliphatic heterocycles. The van der Waals surface area contributed by atoms with Crippen LogP contribution in [0.15, 0.2) is 0 Å². The summed E-state index contributed by atoms with van der Waals surface area (Å²) in [6.07, 6.45) is -4.45. The maximum absolute atomic E-state index is 13.6. The molecule has 0 aliphatic rings. The Kier molecular flexibility index (Phi) is 31.5. The van der Waals surface area contributed by atoms with Gasteiger partial charge in [0.05, 0.1) is 92.6 Å². The molecular weight excluding hydrogens is 1610 g/mol. The van der Waals surface area contributed by atoms with E-state index in [2.05, 4.69) is 21.3 Å². The summed E-state index contributed by atoms with van der Waals surface area (Å²) in [5.74, 6) is -4.59. The van der Waals surface area contributed by atoms with E-state index in [9.17, 15) is 53.7 Å². The second-order valence-corrected chi connectivity index (χ2v) is 20.9. The summed E-state index contributed by atoms with van der Waals surface area (Å²) >= 11 is 11.2. The molecule has 2 aromatic carbocycles. The van der Waals surface area contributed by atoms with Crippen molar-refractivity contribution in [3.8, 4) is 0 Å². The van der Waals surface area contributed by atoms with Gasteiger partial charge in [0.25, 0.3) is 23.6 Å². The van der Waals surface area contributed by atoms with Crippen molar-refractivity contribution in [2.45, 2.75) is 38.3 Å². The van der Waals surface area contributed by atoms with E-state index in [-0.39, 0.29) is 83.2 Å². The number of amides is 6. The smallest absolute Gasteiger partial charge is 0.303 e. The number of aliphatic hydroxyl groups excluding tert-OH is 6. The summed E-state index contributed by atoms with van der Waals surface area (Å²) in [6, 6.07) is 0. The van der Waals surface area contributed by atoms with Gasteiger partial charge in [0.1, 0.15) is 19.8 Å². The van der Waals surface area contributed by atoms with Crippen molar-refractivity contribution in [2.24, 2.45) is 0 Å². The van der Waals surface area contributed by atoms with Gasteiger partial charge >= 0.3 is 11.9 Å². The largest absolute Gasteiger partial charge is 0.462 e. The van der Waals surface area contributed by atoms with E-state index in [1.54, 1.807) is 0 Å². The van der Waals surface area contributed by atoms with Gasteiger partial charge in [-0.1, -0.05) is 0 Å².